The van der Waals surface area contributed by atoms with Crippen molar-refractivity contribution in [2.45, 2.75) is 38.8 Å². The van der Waals surface area contributed by atoms with Crippen LogP contribution in [0.15, 0.2) is 47.8 Å². The van der Waals surface area contributed by atoms with Gasteiger partial charge in [0.1, 0.15) is 0 Å². The Morgan fingerprint density at radius 1 is 1.06 bits per heavy atom. The molecular formula is C16H21NS. The second kappa shape index (κ2) is 6.72. The first-order valence-corrected chi connectivity index (χ1v) is 7.47. The smallest absolute Gasteiger partial charge is 0.0388 e. The first kappa shape index (κ1) is 13.3. The summed E-state index contributed by atoms with van der Waals surface area (Å²) in [6.45, 7) is 4.51. The molecular weight excluding hydrogens is 238 g/mol. The van der Waals surface area contributed by atoms with E-state index in [-0.39, 0.29) is 0 Å². The number of benzene rings is 1. The molecule has 1 nitrogen and oxygen atoms in total. The molecule has 18 heavy (non-hydrogen) atoms. The van der Waals surface area contributed by atoms with Crippen molar-refractivity contribution < 1.29 is 0 Å². The van der Waals surface area contributed by atoms with E-state index in [9.17, 15) is 0 Å². The van der Waals surface area contributed by atoms with Crippen LogP contribution in [0.5, 0.6) is 0 Å². The number of hydrogen-bond donors (Lipinski definition) is 1. The lowest BCUT2D eigenvalue weighted by atomic mass is 10.1. The minimum Gasteiger partial charge on any atom is -0.307 e. The molecule has 2 heteroatoms. The van der Waals surface area contributed by atoms with Crippen molar-refractivity contribution >= 4 is 11.3 Å². The van der Waals surface area contributed by atoms with Crippen LogP contribution >= 0.6 is 11.3 Å². The van der Waals surface area contributed by atoms with Gasteiger partial charge >= 0.3 is 0 Å². The molecule has 1 N–H and O–H groups in total. The molecule has 1 unspecified atom stereocenters. The van der Waals surface area contributed by atoms with Crippen molar-refractivity contribution in [3.8, 4) is 0 Å². The fraction of sp³-hybridized carbons (Fsp3) is 0.375. The van der Waals surface area contributed by atoms with Crippen molar-refractivity contribution in [3.05, 3.63) is 58.3 Å². The van der Waals surface area contributed by atoms with Gasteiger partial charge in [0.25, 0.3) is 0 Å². The van der Waals surface area contributed by atoms with Gasteiger partial charge < -0.3 is 5.32 Å². The Balaban J connectivity index is 1.77. The van der Waals surface area contributed by atoms with Gasteiger partial charge in [0.15, 0.2) is 0 Å². The molecule has 2 rings (SSSR count). The lowest BCUT2D eigenvalue weighted by molar-refractivity contribution is 0.460. The zero-order valence-electron chi connectivity index (χ0n) is 11.1. The maximum Gasteiger partial charge on any atom is 0.0388 e. The minimum absolute atomic E-state index is 0.454. The van der Waals surface area contributed by atoms with Crippen molar-refractivity contribution in [3.63, 3.8) is 0 Å². The van der Waals surface area contributed by atoms with Gasteiger partial charge in [0.05, 0.1) is 0 Å². The Hall–Kier alpha value is -1.12. The van der Waals surface area contributed by atoms with E-state index in [1.807, 2.05) is 11.3 Å². The second-order valence-electron chi connectivity index (χ2n) is 4.83. The molecule has 96 valence electrons. The SMILES string of the molecule is CC(CCc1ccccc1)N[C@H](C)c1cccs1. The Morgan fingerprint density at radius 2 is 1.83 bits per heavy atom. The number of nitrogens with one attached hydrogen (secondary N) is 1. The molecule has 0 aliphatic heterocycles. The molecule has 1 aromatic heterocycles. The van der Waals surface area contributed by atoms with Gasteiger partial charge in [-0.2, -0.15) is 0 Å². The molecule has 0 saturated heterocycles. The van der Waals surface area contributed by atoms with Crippen molar-refractivity contribution in [1.82, 2.24) is 5.32 Å². The third kappa shape index (κ3) is 3.97. The fourth-order valence-electron chi connectivity index (χ4n) is 2.16. The highest BCUT2D eigenvalue weighted by Crippen LogP contribution is 2.19. The van der Waals surface area contributed by atoms with Crippen molar-refractivity contribution in [2.24, 2.45) is 0 Å². The molecule has 0 bridgehead atoms. The van der Waals surface area contributed by atoms with E-state index in [2.05, 4.69) is 67.0 Å². The molecule has 0 aliphatic carbocycles. The van der Waals surface area contributed by atoms with E-state index in [1.54, 1.807) is 0 Å². The summed E-state index contributed by atoms with van der Waals surface area (Å²) in [6.07, 6.45) is 2.33. The predicted octanol–water partition coefficient (Wildman–Crippen LogP) is 4.42. The van der Waals surface area contributed by atoms with Gasteiger partial charge in [0.2, 0.25) is 0 Å². The molecule has 0 saturated carbocycles. The summed E-state index contributed by atoms with van der Waals surface area (Å²) < 4.78 is 0. The van der Waals surface area contributed by atoms with Crippen LogP contribution in [-0.2, 0) is 6.42 Å². The number of hydrogen-bond acceptors (Lipinski definition) is 2. The van der Waals surface area contributed by atoms with Gasteiger partial charge in [-0.1, -0.05) is 36.4 Å². The van der Waals surface area contributed by atoms with E-state index < -0.39 is 0 Å². The van der Waals surface area contributed by atoms with Crippen LogP contribution in [0.25, 0.3) is 0 Å². The van der Waals surface area contributed by atoms with Crippen LogP contribution in [0.4, 0.5) is 0 Å². The van der Waals surface area contributed by atoms with Gasteiger partial charge in [-0.05, 0) is 43.7 Å². The lowest BCUT2D eigenvalue weighted by Crippen LogP contribution is -2.28. The number of rotatable bonds is 6. The van der Waals surface area contributed by atoms with E-state index >= 15 is 0 Å². The largest absolute Gasteiger partial charge is 0.307 e. The highest BCUT2D eigenvalue weighted by molar-refractivity contribution is 7.10. The minimum atomic E-state index is 0.454. The zero-order valence-corrected chi connectivity index (χ0v) is 11.9. The molecule has 1 heterocycles. The zero-order chi connectivity index (χ0) is 12.8. The van der Waals surface area contributed by atoms with Gasteiger partial charge in [-0.15, -0.1) is 11.3 Å². The van der Waals surface area contributed by atoms with Gasteiger partial charge in [-0.25, -0.2) is 0 Å². The second-order valence-corrected chi connectivity index (χ2v) is 5.81. The Kier molecular flexibility index (Phi) is 4.97. The first-order chi connectivity index (χ1) is 8.75. The standard InChI is InChI=1S/C16H21NS/c1-13(10-11-15-7-4-3-5-8-15)17-14(2)16-9-6-12-18-16/h3-9,12-14,17H,10-11H2,1-2H3/t13?,14-/m1/s1. The van der Waals surface area contributed by atoms with Gasteiger partial charge in [0, 0.05) is 17.0 Å². The third-order valence-corrected chi connectivity index (χ3v) is 4.27. The Morgan fingerprint density at radius 3 is 2.50 bits per heavy atom. The van der Waals surface area contributed by atoms with E-state index in [0.29, 0.717) is 12.1 Å². The number of thiophene rings is 1. The Bertz CT molecular complexity index is 435. The molecule has 0 fully saturated rings. The normalized spacial score (nSPS) is 14.3. The van der Waals surface area contributed by atoms with Crippen LogP contribution in [-0.4, -0.2) is 6.04 Å². The van der Waals surface area contributed by atoms with Crippen LogP contribution in [0.3, 0.4) is 0 Å². The third-order valence-electron chi connectivity index (χ3n) is 3.21. The highest BCUT2D eigenvalue weighted by Gasteiger charge is 2.09. The lowest BCUT2D eigenvalue weighted by Gasteiger charge is -2.19. The van der Waals surface area contributed by atoms with E-state index in [0.717, 1.165) is 6.42 Å². The van der Waals surface area contributed by atoms with E-state index in [4.69, 9.17) is 0 Å². The van der Waals surface area contributed by atoms with Gasteiger partial charge in [-0.3, -0.25) is 0 Å². The quantitative estimate of drug-likeness (QED) is 0.809. The molecule has 2 atom stereocenters. The number of aryl methyl sites for hydroxylation is 1. The molecule has 0 radical (unpaired) electrons. The summed E-state index contributed by atoms with van der Waals surface area (Å²) in [5.74, 6) is 0. The summed E-state index contributed by atoms with van der Waals surface area (Å²) >= 11 is 1.82. The van der Waals surface area contributed by atoms with Crippen LogP contribution in [0, 0.1) is 0 Å². The average molecular weight is 259 g/mol. The summed E-state index contributed by atoms with van der Waals surface area (Å²) in [5, 5.41) is 5.80. The topological polar surface area (TPSA) is 12.0 Å². The summed E-state index contributed by atoms with van der Waals surface area (Å²) in [6, 6.07) is 16.0. The predicted molar refractivity (Wildman–Crippen MR) is 80.1 cm³/mol. The summed E-state index contributed by atoms with van der Waals surface area (Å²) in [4.78, 5) is 1.42. The van der Waals surface area contributed by atoms with Crippen molar-refractivity contribution in [1.29, 1.82) is 0 Å². The molecule has 1 aromatic carbocycles. The molecule has 0 amide bonds. The Labute approximate surface area is 114 Å². The molecule has 0 aliphatic rings. The average Bonchev–Trinajstić information content (AvgIpc) is 2.91. The molecule has 0 spiro atoms. The van der Waals surface area contributed by atoms with E-state index in [1.165, 1.54) is 16.9 Å². The maximum atomic E-state index is 3.66. The first-order valence-electron chi connectivity index (χ1n) is 6.59. The van der Waals surface area contributed by atoms with Crippen LogP contribution < -0.4 is 5.32 Å². The summed E-state index contributed by atoms with van der Waals surface area (Å²) in [5.41, 5.74) is 1.43. The monoisotopic (exact) mass is 259 g/mol. The van der Waals surface area contributed by atoms with Crippen LogP contribution in [0.2, 0.25) is 0 Å². The molecule has 2 aromatic rings. The van der Waals surface area contributed by atoms with Crippen LogP contribution in [0.1, 0.15) is 36.8 Å². The maximum absolute atomic E-state index is 3.66. The fourth-order valence-corrected chi connectivity index (χ4v) is 2.90. The summed E-state index contributed by atoms with van der Waals surface area (Å²) in [7, 11) is 0. The van der Waals surface area contributed by atoms with Crippen molar-refractivity contribution in [2.75, 3.05) is 0 Å². The highest BCUT2D eigenvalue weighted by atomic mass is 32.1.